The molecule has 27 heavy (non-hydrogen) atoms. The van der Waals surface area contributed by atoms with Gasteiger partial charge in [-0.05, 0) is 43.9 Å². The smallest absolute Gasteiger partial charge is 0.321 e. The Kier molecular flexibility index (Phi) is 8.10. The van der Waals surface area contributed by atoms with Crippen molar-refractivity contribution in [2.45, 2.75) is 64.0 Å². The van der Waals surface area contributed by atoms with Gasteiger partial charge in [0.25, 0.3) is 5.91 Å². The SMILES string of the molecule is COc1ccc(CCC(=O)O[C@@H](C)C(=O)NC(=O)NC2CCCCC2)cc1. The molecule has 0 aliphatic heterocycles. The minimum absolute atomic E-state index is 0.105. The molecular weight excluding hydrogens is 348 g/mol. The van der Waals surface area contributed by atoms with E-state index in [0.29, 0.717) is 6.42 Å². The standard InChI is InChI=1S/C20H28N2O5/c1-14(19(24)22-20(25)21-16-6-4-3-5-7-16)27-18(23)13-10-15-8-11-17(26-2)12-9-15/h8-9,11-12,14,16H,3-7,10,13H2,1-2H3,(H2,21,22,24,25)/t14-/m0/s1. The van der Waals surface area contributed by atoms with Crippen molar-refractivity contribution in [1.29, 1.82) is 0 Å². The van der Waals surface area contributed by atoms with Gasteiger partial charge < -0.3 is 14.8 Å². The fraction of sp³-hybridized carbons (Fsp3) is 0.550. The Hall–Kier alpha value is -2.57. The van der Waals surface area contributed by atoms with E-state index in [4.69, 9.17) is 9.47 Å². The molecule has 148 valence electrons. The average Bonchev–Trinajstić information content (AvgIpc) is 2.67. The fourth-order valence-corrected chi connectivity index (χ4v) is 3.03. The van der Waals surface area contributed by atoms with Gasteiger partial charge in [-0.15, -0.1) is 0 Å². The Bertz CT molecular complexity index is 638. The normalized spacial score (nSPS) is 15.5. The lowest BCUT2D eigenvalue weighted by Gasteiger charge is -2.23. The number of rotatable bonds is 7. The summed E-state index contributed by atoms with van der Waals surface area (Å²) in [5.74, 6) is -0.361. The van der Waals surface area contributed by atoms with E-state index in [1.807, 2.05) is 24.3 Å². The van der Waals surface area contributed by atoms with Gasteiger partial charge in [-0.3, -0.25) is 14.9 Å². The quantitative estimate of drug-likeness (QED) is 0.714. The Morgan fingerprint density at radius 1 is 1.11 bits per heavy atom. The van der Waals surface area contributed by atoms with Crippen molar-refractivity contribution < 1.29 is 23.9 Å². The molecule has 0 aromatic heterocycles. The van der Waals surface area contributed by atoms with Gasteiger partial charge in [-0.25, -0.2) is 4.79 Å². The van der Waals surface area contributed by atoms with Crippen LogP contribution in [0.3, 0.4) is 0 Å². The molecule has 1 fully saturated rings. The Balaban J connectivity index is 1.69. The summed E-state index contributed by atoms with van der Waals surface area (Å²) in [6.07, 6.45) is 4.84. The first-order chi connectivity index (χ1) is 13.0. The Morgan fingerprint density at radius 3 is 2.41 bits per heavy atom. The highest BCUT2D eigenvalue weighted by Gasteiger charge is 2.22. The topological polar surface area (TPSA) is 93.7 Å². The monoisotopic (exact) mass is 376 g/mol. The number of carbonyl (C=O) groups excluding carboxylic acids is 3. The van der Waals surface area contributed by atoms with Crippen molar-refractivity contribution in [1.82, 2.24) is 10.6 Å². The van der Waals surface area contributed by atoms with Gasteiger partial charge in [-0.2, -0.15) is 0 Å². The zero-order valence-electron chi connectivity index (χ0n) is 16.0. The van der Waals surface area contributed by atoms with Gasteiger partial charge in [0.1, 0.15) is 5.75 Å². The van der Waals surface area contributed by atoms with Crippen molar-refractivity contribution >= 4 is 17.9 Å². The van der Waals surface area contributed by atoms with Crippen LogP contribution >= 0.6 is 0 Å². The van der Waals surface area contributed by atoms with Gasteiger partial charge in [0.15, 0.2) is 6.10 Å². The van der Waals surface area contributed by atoms with Gasteiger partial charge in [0.2, 0.25) is 0 Å². The zero-order valence-corrected chi connectivity index (χ0v) is 16.0. The second-order valence-electron chi connectivity index (χ2n) is 6.78. The van der Waals surface area contributed by atoms with Crippen LogP contribution in [-0.2, 0) is 20.7 Å². The predicted molar refractivity (Wildman–Crippen MR) is 100 cm³/mol. The van der Waals surface area contributed by atoms with Crippen LogP contribution in [0.2, 0.25) is 0 Å². The number of nitrogens with one attached hydrogen (secondary N) is 2. The number of imide groups is 1. The van der Waals surface area contributed by atoms with Crippen LogP contribution in [0.4, 0.5) is 4.79 Å². The van der Waals surface area contributed by atoms with Crippen LogP contribution in [-0.4, -0.2) is 37.2 Å². The minimum Gasteiger partial charge on any atom is -0.497 e. The van der Waals surface area contributed by atoms with Crippen molar-refractivity contribution in [3.05, 3.63) is 29.8 Å². The van der Waals surface area contributed by atoms with E-state index in [1.54, 1.807) is 7.11 Å². The number of urea groups is 1. The van der Waals surface area contributed by atoms with Crippen molar-refractivity contribution in [2.24, 2.45) is 0 Å². The molecular formula is C20H28N2O5. The third-order valence-electron chi connectivity index (χ3n) is 4.63. The molecule has 2 rings (SSSR count). The molecule has 3 amide bonds. The molecule has 1 aliphatic rings. The van der Waals surface area contributed by atoms with Crippen LogP contribution in [0.15, 0.2) is 24.3 Å². The molecule has 0 heterocycles. The molecule has 0 saturated heterocycles. The maximum absolute atomic E-state index is 12.0. The molecule has 1 saturated carbocycles. The number of amides is 3. The van der Waals surface area contributed by atoms with Crippen LogP contribution in [0.25, 0.3) is 0 Å². The molecule has 1 aliphatic carbocycles. The number of aryl methyl sites for hydroxylation is 1. The molecule has 0 spiro atoms. The summed E-state index contributed by atoms with van der Waals surface area (Å²) in [5.41, 5.74) is 0.969. The summed E-state index contributed by atoms with van der Waals surface area (Å²) in [7, 11) is 1.59. The van der Waals surface area contributed by atoms with E-state index in [1.165, 1.54) is 13.3 Å². The van der Waals surface area contributed by atoms with Gasteiger partial charge in [0.05, 0.1) is 7.11 Å². The Labute approximate surface area is 159 Å². The van der Waals surface area contributed by atoms with Gasteiger partial charge >= 0.3 is 12.0 Å². The van der Waals surface area contributed by atoms with Gasteiger partial charge in [0, 0.05) is 12.5 Å². The lowest BCUT2D eigenvalue weighted by atomic mass is 9.96. The first kappa shape index (κ1) is 20.7. The van der Waals surface area contributed by atoms with E-state index in [-0.39, 0.29) is 12.5 Å². The van der Waals surface area contributed by atoms with Crippen molar-refractivity contribution in [3.63, 3.8) is 0 Å². The van der Waals surface area contributed by atoms with Crippen LogP contribution in [0, 0.1) is 0 Å². The summed E-state index contributed by atoms with van der Waals surface area (Å²) in [5, 5.41) is 5.03. The highest BCUT2D eigenvalue weighted by molar-refractivity contribution is 5.97. The largest absolute Gasteiger partial charge is 0.497 e. The molecule has 7 heteroatoms. The second-order valence-corrected chi connectivity index (χ2v) is 6.78. The summed E-state index contributed by atoms with van der Waals surface area (Å²) in [6, 6.07) is 6.96. The highest BCUT2D eigenvalue weighted by Crippen LogP contribution is 2.17. The molecule has 7 nitrogen and oxygen atoms in total. The lowest BCUT2D eigenvalue weighted by Crippen LogP contribution is -2.48. The van der Waals surface area contributed by atoms with E-state index < -0.39 is 24.0 Å². The van der Waals surface area contributed by atoms with Crippen LogP contribution < -0.4 is 15.4 Å². The summed E-state index contributed by atoms with van der Waals surface area (Å²) in [4.78, 5) is 35.8. The van der Waals surface area contributed by atoms with E-state index in [0.717, 1.165) is 37.0 Å². The summed E-state index contributed by atoms with van der Waals surface area (Å²) >= 11 is 0. The number of ether oxygens (including phenoxy) is 2. The number of hydrogen-bond donors (Lipinski definition) is 2. The maximum atomic E-state index is 12.0. The molecule has 1 atom stereocenters. The number of benzene rings is 1. The number of carbonyl (C=O) groups is 3. The zero-order chi connectivity index (χ0) is 19.6. The molecule has 1 aromatic rings. The number of methoxy groups -OCH3 is 1. The molecule has 1 aromatic carbocycles. The van der Waals surface area contributed by atoms with Crippen LogP contribution in [0.5, 0.6) is 5.75 Å². The number of esters is 1. The third-order valence-corrected chi connectivity index (χ3v) is 4.63. The molecule has 2 N–H and O–H groups in total. The first-order valence-electron chi connectivity index (χ1n) is 9.41. The fourth-order valence-electron chi connectivity index (χ4n) is 3.03. The highest BCUT2D eigenvalue weighted by atomic mass is 16.5. The predicted octanol–water partition coefficient (Wildman–Crippen LogP) is 2.72. The molecule has 0 radical (unpaired) electrons. The van der Waals surface area contributed by atoms with E-state index in [2.05, 4.69) is 10.6 Å². The summed E-state index contributed by atoms with van der Waals surface area (Å²) in [6.45, 7) is 1.45. The summed E-state index contributed by atoms with van der Waals surface area (Å²) < 4.78 is 10.2. The van der Waals surface area contributed by atoms with Crippen molar-refractivity contribution in [2.75, 3.05) is 7.11 Å². The Morgan fingerprint density at radius 2 is 1.78 bits per heavy atom. The third kappa shape index (κ3) is 7.29. The first-order valence-corrected chi connectivity index (χ1v) is 9.41. The maximum Gasteiger partial charge on any atom is 0.321 e. The molecule has 0 unspecified atom stereocenters. The minimum atomic E-state index is -1.02. The number of hydrogen-bond acceptors (Lipinski definition) is 5. The van der Waals surface area contributed by atoms with E-state index in [9.17, 15) is 14.4 Å². The lowest BCUT2D eigenvalue weighted by molar-refractivity contribution is -0.154. The van der Waals surface area contributed by atoms with Crippen LogP contribution in [0.1, 0.15) is 51.0 Å². The van der Waals surface area contributed by atoms with Gasteiger partial charge in [-0.1, -0.05) is 31.4 Å². The average molecular weight is 376 g/mol. The second kappa shape index (κ2) is 10.5. The van der Waals surface area contributed by atoms with Crippen molar-refractivity contribution in [3.8, 4) is 5.75 Å². The van der Waals surface area contributed by atoms with E-state index >= 15 is 0 Å². The molecule has 0 bridgehead atoms.